The molecule has 0 spiro atoms. The highest BCUT2D eigenvalue weighted by Gasteiger charge is 2.24. The maximum Gasteiger partial charge on any atom is 0.340 e. The molecular weight excluding hydrogens is 284 g/mol. The molecule has 1 saturated carbocycles. The maximum atomic E-state index is 12.1. The lowest BCUT2D eigenvalue weighted by atomic mass is 9.85. The monoisotopic (exact) mass is 306 g/mol. The predicted molar refractivity (Wildman–Crippen MR) is 84.1 cm³/mol. The fraction of sp³-hybridized carbons (Fsp3) is 0.562. The summed E-state index contributed by atoms with van der Waals surface area (Å²) in [7, 11) is 0. The van der Waals surface area contributed by atoms with Gasteiger partial charge in [-0.1, -0.05) is 19.8 Å². The van der Waals surface area contributed by atoms with Crippen LogP contribution >= 0.6 is 0 Å². The molecule has 1 aliphatic carbocycles. The van der Waals surface area contributed by atoms with E-state index >= 15 is 0 Å². The summed E-state index contributed by atoms with van der Waals surface area (Å²) in [5.74, 6) is -0.0175. The highest BCUT2D eigenvalue weighted by molar-refractivity contribution is 5.96. The van der Waals surface area contributed by atoms with E-state index in [2.05, 4.69) is 12.2 Å². The van der Waals surface area contributed by atoms with Gasteiger partial charge in [0.2, 0.25) is 0 Å². The van der Waals surface area contributed by atoms with Crippen molar-refractivity contribution in [3.63, 3.8) is 0 Å². The lowest BCUT2D eigenvalue weighted by Crippen LogP contribution is -2.31. The fourth-order valence-electron chi connectivity index (χ4n) is 2.88. The number of nitro benzene ring substituents is 1. The Morgan fingerprint density at radius 2 is 2.14 bits per heavy atom. The molecule has 1 aromatic carbocycles. The summed E-state index contributed by atoms with van der Waals surface area (Å²) in [6, 6.07) is 4.58. The third kappa shape index (κ3) is 3.75. The van der Waals surface area contributed by atoms with Gasteiger partial charge in [-0.25, -0.2) is 4.79 Å². The van der Waals surface area contributed by atoms with Gasteiger partial charge in [0.25, 0.3) is 5.69 Å². The topological polar surface area (TPSA) is 81.5 Å². The zero-order valence-corrected chi connectivity index (χ0v) is 13.0. The molecule has 1 fully saturated rings. The van der Waals surface area contributed by atoms with Crippen molar-refractivity contribution in [1.29, 1.82) is 0 Å². The zero-order valence-electron chi connectivity index (χ0n) is 13.0. The van der Waals surface area contributed by atoms with E-state index in [1.54, 1.807) is 13.0 Å². The molecule has 0 unspecified atom stereocenters. The van der Waals surface area contributed by atoms with Gasteiger partial charge in [0.1, 0.15) is 0 Å². The largest absolute Gasteiger partial charge is 0.462 e. The number of ether oxygens (including phenoxy) is 1. The SMILES string of the molecule is CCOC(=O)c1cc([N+](=O)[O-])ccc1N[C@H]1CCCC[C@@H]1C. The molecule has 6 nitrogen and oxygen atoms in total. The summed E-state index contributed by atoms with van der Waals surface area (Å²) >= 11 is 0. The van der Waals surface area contributed by atoms with Gasteiger partial charge in [-0.3, -0.25) is 10.1 Å². The number of esters is 1. The summed E-state index contributed by atoms with van der Waals surface area (Å²) in [5, 5.41) is 14.3. The van der Waals surface area contributed by atoms with Gasteiger partial charge in [0.05, 0.1) is 17.1 Å². The van der Waals surface area contributed by atoms with Crippen LogP contribution in [-0.4, -0.2) is 23.5 Å². The van der Waals surface area contributed by atoms with Crippen LogP contribution < -0.4 is 5.32 Å². The van der Waals surface area contributed by atoms with E-state index in [0.717, 1.165) is 19.3 Å². The lowest BCUT2D eigenvalue weighted by molar-refractivity contribution is -0.384. The van der Waals surface area contributed by atoms with E-state index in [9.17, 15) is 14.9 Å². The summed E-state index contributed by atoms with van der Waals surface area (Å²) in [5.41, 5.74) is 0.738. The summed E-state index contributed by atoms with van der Waals surface area (Å²) in [6.45, 7) is 4.14. The van der Waals surface area contributed by atoms with Crippen LogP contribution in [0.1, 0.15) is 49.9 Å². The van der Waals surface area contributed by atoms with E-state index in [4.69, 9.17) is 4.74 Å². The Morgan fingerprint density at radius 3 is 2.77 bits per heavy atom. The number of nitrogens with one attached hydrogen (secondary N) is 1. The number of nitro groups is 1. The van der Waals surface area contributed by atoms with Crippen LogP contribution in [0.25, 0.3) is 0 Å². The number of nitrogens with zero attached hydrogens (tertiary/aromatic N) is 1. The minimum Gasteiger partial charge on any atom is -0.462 e. The molecule has 0 aliphatic heterocycles. The van der Waals surface area contributed by atoms with Crippen LogP contribution in [0.15, 0.2) is 18.2 Å². The molecule has 1 N–H and O–H groups in total. The van der Waals surface area contributed by atoms with Gasteiger partial charge >= 0.3 is 5.97 Å². The van der Waals surface area contributed by atoms with Gasteiger partial charge in [-0.05, 0) is 31.7 Å². The first-order valence-corrected chi connectivity index (χ1v) is 7.75. The van der Waals surface area contributed by atoms with Crippen LogP contribution in [0.2, 0.25) is 0 Å². The Kier molecular flexibility index (Phi) is 5.35. The molecule has 6 heteroatoms. The van der Waals surface area contributed by atoms with Gasteiger partial charge in [-0.2, -0.15) is 0 Å². The minimum atomic E-state index is -0.530. The molecule has 0 heterocycles. The quantitative estimate of drug-likeness (QED) is 0.509. The number of benzene rings is 1. The van der Waals surface area contributed by atoms with E-state index in [0.29, 0.717) is 11.6 Å². The molecule has 0 saturated heterocycles. The van der Waals surface area contributed by atoms with Crippen molar-refractivity contribution in [3.8, 4) is 0 Å². The van der Waals surface area contributed by atoms with Gasteiger partial charge in [0.15, 0.2) is 0 Å². The van der Waals surface area contributed by atoms with Crippen LogP contribution in [0.4, 0.5) is 11.4 Å². The Balaban J connectivity index is 2.28. The summed E-state index contributed by atoms with van der Waals surface area (Å²) in [4.78, 5) is 22.5. The first-order valence-electron chi connectivity index (χ1n) is 7.75. The number of carbonyl (C=O) groups is 1. The maximum absolute atomic E-state index is 12.1. The Bertz CT molecular complexity index is 559. The van der Waals surface area contributed by atoms with Crippen molar-refractivity contribution >= 4 is 17.3 Å². The van der Waals surface area contributed by atoms with Crippen LogP contribution in [0.3, 0.4) is 0 Å². The molecule has 0 aromatic heterocycles. The molecule has 1 aromatic rings. The van der Waals surface area contributed by atoms with Crippen molar-refractivity contribution in [2.45, 2.75) is 45.6 Å². The van der Waals surface area contributed by atoms with Crippen molar-refractivity contribution in [2.24, 2.45) is 5.92 Å². The third-order valence-corrected chi connectivity index (χ3v) is 4.16. The van der Waals surface area contributed by atoms with E-state index in [1.165, 1.54) is 18.6 Å². The lowest BCUT2D eigenvalue weighted by Gasteiger charge is -2.30. The number of rotatable bonds is 5. The van der Waals surface area contributed by atoms with Crippen molar-refractivity contribution in [3.05, 3.63) is 33.9 Å². The molecule has 0 amide bonds. The highest BCUT2D eigenvalue weighted by atomic mass is 16.6. The Morgan fingerprint density at radius 1 is 1.41 bits per heavy atom. The third-order valence-electron chi connectivity index (χ3n) is 4.16. The molecule has 0 bridgehead atoms. The molecule has 22 heavy (non-hydrogen) atoms. The number of hydrogen-bond donors (Lipinski definition) is 1. The second-order valence-corrected chi connectivity index (χ2v) is 5.72. The van der Waals surface area contributed by atoms with E-state index in [1.807, 2.05) is 0 Å². The number of anilines is 1. The summed E-state index contributed by atoms with van der Waals surface area (Å²) in [6.07, 6.45) is 4.58. The van der Waals surface area contributed by atoms with Crippen LogP contribution in [0, 0.1) is 16.0 Å². The average molecular weight is 306 g/mol. The minimum absolute atomic E-state index is 0.106. The second-order valence-electron chi connectivity index (χ2n) is 5.72. The second kappa shape index (κ2) is 7.24. The van der Waals surface area contributed by atoms with Gasteiger partial charge in [-0.15, -0.1) is 0 Å². The molecule has 0 radical (unpaired) electrons. The molecule has 2 rings (SSSR count). The Labute approximate surface area is 130 Å². The Hall–Kier alpha value is -2.11. The molecule has 120 valence electrons. The average Bonchev–Trinajstić information content (AvgIpc) is 2.50. The summed E-state index contributed by atoms with van der Waals surface area (Å²) < 4.78 is 5.02. The van der Waals surface area contributed by atoms with Gasteiger partial charge < -0.3 is 10.1 Å². The van der Waals surface area contributed by atoms with Crippen LogP contribution in [0.5, 0.6) is 0 Å². The van der Waals surface area contributed by atoms with Crippen molar-refractivity contribution in [1.82, 2.24) is 0 Å². The number of carbonyl (C=O) groups excluding carboxylic acids is 1. The van der Waals surface area contributed by atoms with Crippen molar-refractivity contribution in [2.75, 3.05) is 11.9 Å². The number of hydrogen-bond acceptors (Lipinski definition) is 5. The van der Waals surface area contributed by atoms with Gasteiger partial charge in [0, 0.05) is 23.9 Å². The normalized spacial score (nSPS) is 21.2. The first-order chi connectivity index (χ1) is 10.5. The van der Waals surface area contributed by atoms with E-state index < -0.39 is 10.9 Å². The molecular formula is C16H22N2O4. The molecule has 1 aliphatic rings. The molecule has 2 atom stereocenters. The van der Waals surface area contributed by atoms with E-state index in [-0.39, 0.29) is 23.9 Å². The smallest absolute Gasteiger partial charge is 0.340 e. The number of non-ortho nitro benzene ring substituents is 1. The zero-order chi connectivity index (χ0) is 16.1. The van der Waals surface area contributed by atoms with Crippen molar-refractivity contribution < 1.29 is 14.5 Å². The fourth-order valence-corrected chi connectivity index (χ4v) is 2.88. The predicted octanol–water partition coefficient (Wildman–Crippen LogP) is 3.76. The van der Waals surface area contributed by atoms with Crippen LogP contribution in [-0.2, 0) is 4.74 Å². The first kappa shape index (κ1) is 16.3. The standard InChI is InChI=1S/C16H22N2O4/c1-3-22-16(19)13-10-12(18(20)21)8-9-15(13)17-14-7-5-4-6-11(14)2/h8-11,14,17H,3-7H2,1-2H3/t11-,14-/m0/s1. The highest BCUT2D eigenvalue weighted by Crippen LogP contribution is 2.30.